The average molecular weight is 666 g/mol. The summed E-state index contributed by atoms with van der Waals surface area (Å²) in [5.74, 6) is -2.14. The number of aliphatic hydroxyl groups excluding tert-OH is 1. The monoisotopic (exact) mass is 665 g/mol. The van der Waals surface area contributed by atoms with Crippen molar-refractivity contribution in [1.82, 2.24) is 9.80 Å². The van der Waals surface area contributed by atoms with Gasteiger partial charge >= 0.3 is 0 Å². The van der Waals surface area contributed by atoms with Crippen LogP contribution in [0.3, 0.4) is 0 Å². The lowest BCUT2D eigenvalue weighted by Gasteiger charge is -2.47. The molecule has 1 N–H and O–H groups in total. The van der Waals surface area contributed by atoms with Crippen molar-refractivity contribution < 1.29 is 29.0 Å². The summed E-state index contributed by atoms with van der Waals surface area (Å²) in [5.41, 5.74) is -2.26. The second-order valence-electron chi connectivity index (χ2n) is 16.4. The van der Waals surface area contributed by atoms with Gasteiger partial charge in [-0.25, -0.2) is 0 Å². The average Bonchev–Trinajstić information content (AvgIpc) is 3.50. The molecule has 3 aliphatic heterocycles. The molecule has 2 bridgehead atoms. The first-order valence-corrected chi connectivity index (χ1v) is 17.6. The van der Waals surface area contributed by atoms with Crippen LogP contribution >= 0.6 is 0 Å². The van der Waals surface area contributed by atoms with Gasteiger partial charge in [-0.2, -0.15) is 0 Å². The van der Waals surface area contributed by atoms with Crippen molar-refractivity contribution in [3.63, 3.8) is 0 Å². The molecule has 1 aromatic rings. The van der Waals surface area contributed by atoms with E-state index in [1.54, 1.807) is 22.0 Å². The number of hydrogen-bond donors (Lipinski definition) is 1. The SMILES string of the molecule is C=CCN(C(=O)[C@H]1[C@H]2C(=O)N([C@@H](CO)C(C)C)C(C(=O)N(CC=C)C(C)(C)CC(C)(C)C)C23CC(C)[C@]1(C)O3)c1ccc(OCC)cc1. The molecule has 3 heterocycles. The molecule has 3 fully saturated rings. The van der Waals surface area contributed by atoms with Crippen molar-refractivity contribution in [2.45, 2.75) is 111 Å². The Morgan fingerprint density at radius 2 is 1.71 bits per heavy atom. The first kappa shape index (κ1) is 37.6. The number of aliphatic hydroxyl groups is 1. The number of ether oxygens (including phenoxy) is 2. The van der Waals surface area contributed by atoms with Crippen molar-refractivity contribution in [3.05, 3.63) is 49.6 Å². The number of anilines is 1. The summed E-state index contributed by atoms with van der Waals surface area (Å²) in [6.07, 6.45) is 4.54. The van der Waals surface area contributed by atoms with Crippen LogP contribution < -0.4 is 9.64 Å². The van der Waals surface area contributed by atoms with Crippen LogP contribution in [-0.4, -0.2) is 87.8 Å². The molecule has 4 rings (SSSR count). The van der Waals surface area contributed by atoms with E-state index >= 15 is 4.79 Å². The van der Waals surface area contributed by atoms with Gasteiger partial charge in [0.25, 0.3) is 0 Å². The highest BCUT2D eigenvalue weighted by molar-refractivity contribution is 6.03. The Morgan fingerprint density at radius 1 is 1.10 bits per heavy atom. The molecule has 266 valence electrons. The number of fused-ring (bicyclic) bond motifs is 1. The van der Waals surface area contributed by atoms with Gasteiger partial charge in [-0.3, -0.25) is 14.4 Å². The molecule has 9 heteroatoms. The van der Waals surface area contributed by atoms with Crippen LogP contribution in [0.2, 0.25) is 0 Å². The highest BCUT2D eigenvalue weighted by atomic mass is 16.5. The van der Waals surface area contributed by atoms with Crippen molar-refractivity contribution in [2.75, 3.05) is 31.2 Å². The van der Waals surface area contributed by atoms with Crippen molar-refractivity contribution in [1.29, 1.82) is 0 Å². The molecule has 7 atom stereocenters. The van der Waals surface area contributed by atoms with Crippen LogP contribution in [0.25, 0.3) is 0 Å². The summed E-state index contributed by atoms with van der Waals surface area (Å²) in [4.78, 5) is 50.2. The maximum absolute atomic E-state index is 15.2. The van der Waals surface area contributed by atoms with Gasteiger partial charge < -0.3 is 29.3 Å². The van der Waals surface area contributed by atoms with Crippen LogP contribution in [-0.2, 0) is 19.1 Å². The quantitative estimate of drug-likeness (QED) is 0.250. The van der Waals surface area contributed by atoms with E-state index in [2.05, 4.69) is 47.8 Å². The fraction of sp³-hybridized carbons (Fsp3) is 0.667. The second kappa shape index (κ2) is 13.6. The largest absolute Gasteiger partial charge is 0.494 e. The molecule has 1 aromatic carbocycles. The zero-order chi connectivity index (χ0) is 36.0. The first-order valence-electron chi connectivity index (χ1n) is 17.6. The van der Waals surface area contributed by atoms with Gasteiger partial charge in [-0.1, -0.05) is 53.7 Å². The molecule has 0 saturated carbocycles. The van der Waals surface area contributed by atoms with Gasteiger partial charge in [-0.05, 0) is 82.1 Å². The van der Waals surface area contributed by atoms with E-state index in [4.69, 9.17) is 9.47 Å². The molecule has 3 saturated heterocycles. The minimum absolute atomic E-state index is 0.0853. The lowest BCUT2D eigenvalue weighted by molar-refractivity contribution is -0.160. The van der Waals surface area contributed by atoms with Crippen LogP contribution in [0, 0.1) is 29.1 Å². The normalized spacial score (nSPS) is 28.8. The predicted octanol–water partition coefficient (Wildman–Crippen LogP) is 5.86. The molecule has 3 aliphatic rings. The van der Waals surface area contributed by atoms with E-state index in [0.717, 1.165) is 0 Å². The molecule has 0 aromatic heterocycles. The van der Waals surface area contributed by atoms with Crippen LogP contribution in [0.15, 0.2) is 49.6 Å². The first-order chi connectivity index (χ1) is 22.3. The fourth-order valence-corrected chi connectivity index (χ4v) is 9.12. The summed E-state index contributed by atoms with van der Waals surface area (Å²) in [7, 11) is 0. The Morgan fingerprint density at radius 3 is 2.21 bits per heavy atom. The molecule has 3 unspecified atom stereocenters. The molecule has 0 aliphatic carbocycles. The molecule has 0 radical (unpaired) electrons. The number of nitrogens with zero attached hydrogens (tertiary/aromatic N) is 3. The lowest BCUT2D eigenvalue weighted by Crippen LogP contribution is -2.63. The zero-order valence-corrected chi connectivity index (χ0v) is 30.9. The van der Waals surface area contributed by atoms with Gasteiger partial charge in [0.05, 0.1) is 36.7 Å². The van der Waals surface area contributed by atoms with Crippen LogP contribution in [0.4, 0.5) is 5.69 Å². The van der Waals surface area contributed by atoms with E-state index in [9.17, 15) is 14.7 Å². The Labute approximate surface area is 288 Å². The van der Waals surface area contributed by atoms with Gasteiger partial charge in [0, 0.05) is 24.3 Å². The highest BCUT2D eigenvalue weighted by Gasteiger charge is 2.81. The molecule has 48 heavy (non-hydrogen) atoms. The van der Waals surface area contributed by atoms with Crippen LogP contribution in [0.5, 0.6) is 5.75 Å². The fourth-order valence-electron chi connectivity index (χ4n) is 9.12. The zero-order valence-electron chi connectivity index (χ0n) is 30.9. The third-order valence-electron chi connectivity index (χ3n) is 10.9. The van der Waals surface area contributed by atoms with Gasteiger partial charge in [0.15, 0.2) is 0 Å². The summed E-state index contributed by atoms with van der Waals surface area (Å²) < 4.78 is 12.7. The number of carbonyl (C=O) groups is 3. The second-order valence-corrected chi connectivity index (χ2v) is 16.4. The number of hydrogen-bond acceptors (Lipinski definition) is 6. The highest BCUT2D eigenvalue weighted by Crippen LogP contribution is 2.66. The van der Waals surface area contributed by atoms with E-state index < -0.39 is 40.7 Å². The lowest BCUT2D eigenvalue weighted by atomic mass is 9.62. The Bertz CT molecular complexity index is 1380. The van der Waals surface area contributed by atoms with Gasteiger partial charge in [0.2, 0.25) is 17.7 Å². The van der Waals surface area contributed by atoms with Crippen molar-refractivity contribution in [2.24, 2.45) is 29.1 Å². The Hall–Kier alpha value is -3.17. The maximum Gasteiger partial charge on any atom is 0.249 e. The van der Waals surface area contributed by atoms with E-state index in [-0.39, 0.29) is 54.7 Å². The summed E-state index contributed by atoms with van der Waals surface area (Å²) in [6, 6.07) is 5.66. The Kier molecular flexibility index (Phi) is 10.7. The number of benzene rings is 1. The van der Waals surface area contributed by atoms with Crippen molar-refractivity contribution in [3.8, 4) is 5.75 Å². The number of carbonyl (C=O) groups excluding carboxylic acids is 3. The third kappa shape index (κ3) is 6.33. The summed E-state index contributed by atoms with van der Waals surface area (Å²) in [5, 5.41) is 10.7. The third-order valence-corrected chi connectivity index (χ3v) is 10.9. The van der Waals surface area contributed by atoms with Crippen molar-refractivity contribution >= 4 is 23.4 Å². The van der Waals surface area contributed by atoms with Gasteiger partial charge in [-0.15, -0.1) is 13.2 Å². The molecule has 9 nitrogen and oxygen atoms in total. The summed E-state index contributed by atoms with van der Waals surface area (Å²) in [6.45, 7) is 28.9. The van der Waals surface area contributed by atoms with Crippen LogP contribution in [0.1, 0.15) is 82.1 Å². The smallest absolute Gasteiger partial charge is 0.249 e. The number of amides is 3. The van der Waals surface area contributed by atoms with Gasteiger partial charge in [0.1, 0.15) is 17.4 Å². The number of likely N-dealkylation sites (tertiary alicyclic amines) is 1. The van der Waals surface area contributed by atoms with E-state index in [0.29, 0.717) is 30.9 Å². The summed E-state index contributed by atoms with van der Waals surface area (Å²) >= 11 is 0. The molecular weight excluding hydrogens is 606 g/mol. The Balaban J connectivity index is 1.88. The topological polar surface area (TPSA) is 99.6 Å². The maximum atomic E-state index is 15.2. The predicted molar refractivity (Wildman–Crippen MR) is 190 cm³/mol. The van der Waals surface area contributed by atoms with E-state index in [1.165, 1.54) is 0 Å². The minimum Gasteiger partial charge on any atom is -0.494 e. The molecule has 3 amide bonds. The standard InChI is InChI=1S/C39H59N3O6/c1-13-20-40(27-16-18-28(19-17-27)47-15-3)33(44)30-31-34(45)42(29(23-43)25(4)5)32(39(31)22-26(6)38(30,12)48-39)35(46)41(21-14-2)37(10,11)24-36(7,8)9/h13-14,16-19,25-26,29-32,43H,1-2,15,20-24H2,3-12H3/t26?,29-,30+,31-,32?,38-,39?/m0/s1. The molecule has 1 spiro atoms. The minimum atomic E-state index is -1.25. The number of rotatable bonds is 14. The molecular formula is C39H59N3O6. The van der Waals surface area contributed by atoms with E-state index in [1.807, 2.05) is 63.8 Å².